The minimum absolute atomic E-state index is 0.190. The van der Waals surface area contributed by atoms with E-state index in [1.165, 1.54) is 6.33 Å². The van der Waals surface area contributed by atoms with Crippen molar-refractivity contribution in [3.63, 3.8) is 0 Å². The molecular formula is C22H21N5O3. The van der Waals surface area contributed by atoms with Gasteiger partial charge in [-0.3, -0.25) is 4.79 Å². The number of benzene rings is 2. The summed E-state index contributed by atoms with van der Waals surface area (Å²) in [6, 6.07) is 14.7. The highest BCUT2D eigenvalue weighted by molar-refractivity contribution is 6.04. The van der Waals surface area contributed by atoms with E-state index in [1.54, 1.807) is 35.3 Å². The lowest BCUT2D eigenvalue weighted by atomic mass is 10.1. The van der Waals surface area contributed by atoms with Crippen LogP contribution in [0.25, 0.3) is 0 Å². The fraction of sp³-hybridized carbons (Fsp3) is 0.182. The Hall–Kier alpha value is -3.94. The van der Waals surface area contributed by atoms with E-state index in [1.807, 2.05) is 38.1 Å². The lowest BCUT2D eigenvalue weighted by Gasteiger charge is -2.09. The number of nitrogens with zero attached hydrogens (tertiary/aromatic N) is 4. The van der Waals surface area contributed by atoms with Crippen LogP contribution < -0.4 is 10.1 Å². The monoisotopic (exact) mass is 403 g/mol. The van der Waals surface area contributed by atoms with Crippen molar-refractivity contribution in [3.8, 4) is 5.75 Å². The van der Waals surface area contributed by atoms with Gasteiger partial charge < -0.3 is 14.6 Å². The van der Waals surface area contributed by atoms with Crippen molar-refractivity contribution in [2.75, 3.05) is 5.32 Å². The second-order valence-electron chi connectivity index (χ2n) is 6.86. The van der Waals surface area contributed by atoms with Crippen LogP contribution in [-0.4, -0.2) is 25.8 Å². The van der Waals surface area contributed by atoms with Crippen molar-refractivity contribution in [2.24, 2.45) is 0 Å². The summed E-state index contributed by atoms with van der Waals surface area (Å²) in [6.07, 6.45) is 3.15. The molecule has 2 aromatic carbocycles. The Morgan fingerprint density at radius 1 is 1.17 bits per heavy atom. The molecule has 0 saturated heterocycles. The molecule has 152 valence electrons. The molecule has 0 radical (unpaired) electrons. The quantitative estimate of drug-likeness (QED) is 0.505. The topological polar surface area (TPSA) is 95.1 Å². The lowest BCUT2D eigenvalue weighted by molar-refractivity contribution is 0.102. The molecule has 8 heteroatoms. The largest absolute Gasteiger partial charge is 0.489 e. The fourth-order valence-electron chi connectivity index (χ4n) is 3.02. The minimum Gasteiger partial charge on any atom is -0.489 e. The van der Waals surface area contributed by atoms with Crippen LogP contribution in [0.4, 0.5) is 5.69 Å². The van der Waals surface area contributed by atoms with E-state index in [0.717, 1.165) is 28.3 Å². The second-order valence-corrected chi connectivity index (χ2v) is 6.86. The molecule has 0 bridgehead atoms. The van der Waals surface area contributed by atoms with Gasteiger partial charge in [0.05, 0.1) is 17.8 Å². The first-order valence-corrected chi connectivity index (χ1v) is 9.46. The molecule has 0 fully saturated rings. The van der Waals surface area contributed by atoms with Crippen molar-refractivity contribution >= 4 is 11.6 Å². The molecule has 0 atom stereocenters. The van der Waals surface area contributed by atoms with Gasteiger partial charge in [-0.1, -0.05) is 17.3 Å². The summed E-state index contributed by atoms with van der Waals surface area (Å²) >= 11 is 0. The van der Waals surface area contributed by atoms with E-state index >= 15 is 0 Å². The van der Waals surface area contributed by atoms with E-state index in [-0.39, 0.29) is 5.91 Å². The molecule has 4 aromatic rings. The summed E-state index contributed by atoms with van der Waals surface area (Å²) in [5.74, 6) is 1.22. The Labute approximate surface area is 173 Å². The number of carbonyl (C=O) groups is 1. The van der Waals surface area contributed by atoms with Gasteiger partial charge in [-0.25, -0.2) is 9.67 Å². The van der Waals surface area contributed by atoms with E-state index in [0.29, 0.717) is 24.5 Å². The van der Waals surface area contributed by atoms with Gasteiger partial charge in [-0.05, 0) is 55.8 Å². The number of hydrogen-bond donors (Lipinski definition) is 1. The van der Waals surface area contributed by atoms with Gasteiger partial charge in [0.2, 0.25) is 0 Å². The summed E-state index contributed by atoms with van der Waals surface area (Å²) < 4.78 is 12.6. The summed E-state index contributed by atoms with van der Waals surface area (Å²) in [4.78, 5) is 16.5. The Morgan fingerprint density at radius 3 is 2.70 bits per heavy atom. The summed E-state index contributed by atoms with van der Waals surface area (Å²) in [5.41, 5.74) is 4.02. The molecule has 2 aromatic heterocycles. The molecule has 8 nitrogen and oxygen atoms in total. The molecule has 0 saturated carbocycles. The third-order valence-corrected chi connectivity index (χ3v) is 4.68. The van der Waals surface area contributed by atoms with Gasteiger partial charge in [0.1, 0.15) is 30.8 Å². The number of aryl methyl sites for hydroxylation is 2. The number of aromatic nitrogens is 4. The maximum atomic E-state index is 12.6. The zero-order valence-electron chi connectivity index (χ0n) is 16.7. The Kier molecular flexibility index (Phi) is 5.56. The number of amides is 1. The Bertz CT molecular complexity index is 1110. The first kappa shape index (κ1) is 19.4. The third kappa shape index (κ3) is 4.54. The highest BCUT2D eigenvalue weighted by Gasteiger charge is 2.11. The molecule has 4 rings (SSSR count). The maximum Gasteiger partial charge on any atom is 0.255 e. The van der Waals surface area contributed by atoms with Crippen LogP contribution >= 0.6 is 0 Å². The first-order chi connectivity index (χ1) is 14.6. The lowest BCUT2D eigenvalue weighted by Crippen LogP contribution is -2.12. The zero-order valence-corrected chi connectivity index (χ0v) is 16.7. The smallest absolute Gasteiger partial charge is 0.255 e. The summed E-state index contributed by atoms with van der Waals surface area (Å²) in [6.45, 7) is 4.68. The molecule has 30 heavy (non-hydrogen) atoms. The van der Waals surface area contributed by atoms with Crippen molar-refractivity contribution in [3.05, 3.63) is 89.3 Å². The highest BCUT2D eigenvalue weighted by atomic mass is 16.5. The molecule has 0 spiro atoms. The van der Waals surface area contributed by atoms with Gasteiger partial charge in [-0.2, -0.15) is 5.10 Å². The maximum absolute atomic E-state index is 12.6. The van der Waals surface area contributed by atoms with Crippen LogP contribution in [0.5, 0.6) is 5.75 Å². The molecule has 2 heterocycles. The van der Waals surface area contributed by atoms with Crippen LogP contribution in [0, 0.1) is 13.8 Å². The van der Waals surface area contributed by atoms with Crippen LogP contribution in [0.2, 0.25) is 0 Å². The average Bonchev–Trinajstić information content (AvgIpc) is 3.37. The number of hydrogen-bond acceptors (Lipinski definition) is 6. The number of ether oxygens (including phenoxy) is 1. The van der Waals surface area contributed by atoms with Gasteiger partial charge in [0, 0.05) is 11.3 Å². The Morgan fingerprint density at radius 2 is 2.00 bits per heavy atom. The van der Waals surface area contributed by atoms with Crippen molar-refractivity contribution in [1.82, 2.24) is 19.9 Å². The third-order valence-electron chi connectivity index (χ3n) is 4.68. The van der Waals surface area contributed by atoms with Crippen LogP contribution in [0.1, 0.15) is 32.9 Å². The number of nitrogens with one attached hydrogen (secondary N) is 1. The number of anilines is 1. The average molecular weight is 403 g/mol. The standard InChI is InChI=1S/C22H21N5O3/c1-15-21(16(2)30-26-15)12-29-20-8-6-18(7-9-20)22(28)25-19-5-3-4-17(10-19)11-27-14-23-13-24-27/h3-10,13-14H,11-12H2,1-2H3,(H,25,28). The normalized spacial score (nSPS) is 10.7. The Balaban J connectivity index is 1.37. The van der Waals surface area contributed by atoms with Crippen LogP contribution in [-0.2, 0) is 13.2 Å². The fourth-order valence-corrected chi connectivity index (χ4v) is 3.02. The zero-order chi connectivity index (χ0) is 20.9. The van der Waals surface area contributed by atoms with Crippen LogP contribution in [0.15, 0.2) is 65.7 Å². The molecule has 0 aliphatic rings. The van der Waals surface area contributed by atoms with Gasteiger partial charge in [0.25, 0.3) is 5.91 Å². The number of rotatable bonds is 7. The van der Waals surface area contributed by atoms with E-state index < -0.39 is 0 Å². The molecule has 0 aliphatic carbocycles. The van der Waals surface area contributed by atoms with E-state index in [9.17, 15) is 4.79 Å². The molecule has 1 amide bonds. The predicted octanol–water partition coefficient (Wildman–Crippen LogP) is 3.76. The van der Waals surface area contributed by atoms with Gasteiger partial charge in [-0.15, -0.1) is 0 Å². The summed E-state index contributed by atoms with van der Waals surface area (Å²) in [7, 11) is 0. The van der Waals surface area contributed by atoms with E-state index in [2.05, 4.69) is 20.6 Å². The molecule has 0 aliphatic heterocycles. The minimum atomic E-state index is -0.190. The van der Waals surface area contributed by atoms with Crippen LogP contribution in [0.3, 0.4) is 0 Å². The highest BCUT2D eigenvalue weighted by Crippen LogP contribution is 2.19. The first-order valence-electron chi connectivity index (χ1n) is 9.46. The second kappa shape index (κ2) is 8.60. The molecule has 1 N–H and O–H groups in total. The molecule has 0 unspecified atom stereocenters. The van der Waals surface area contributed by atoms with Crippen molar-refractivity contribution in [1.29, 1.82) is 0 Å². The van der Waals surface area contributed by atoms with Gasteiger partial charge in [0.15, 0.2) is 0 Å². The van der Waals surface area contributed by atoms with Gasteiger partial charge >= 0.3 is 0 Å². The number of carbonyl (C=O) groups excluding carboxylic acids is 1. The van der Waals surface area contributed by atoms with Crippen molar-refractivity contribution in [2.45, 2.75) is 27.0 Å². The van der Waals surface area contributed by atoms with Crippen molar-refractivity contribution < 1.29 is 14.1 Å². The SMILES string of the molecule is Cc1noc(C)c1COc1ccc(C(=O)Nc2cccc(Cn3cncn3)c2)cc1. The predicted molar refractivity (Wildman–Crippen MR) is 110 cm³/mol. The molecular weight excluding hydrogens is 382 g/mol. The summed E-state index contributed by atoms with van der Waals surface area (Å²) in [5, 5.41) is 10.9. The van der Waals surface area contributed by atoms with E-state index in [4.69, 9.17) is 9.26 Å².